The number of hydrogen-bond acceptors (Lipinski definition) is 5. The molecule has 0 unspecified atom stereocenters. The van der Waals surface area contributed by atoms with Crippen molar-refractivity contribution in [3.05, 3.63) is 54.2 Å². The summed E-state index contributed by atoms with van der Waals surface area (Å²) in [5.41, 5.74) is 3.66. The van der Waals surface area contributed by atoms with E-state index in [2.05, 4.69) is 55.6 Å². The third-order valence-electron chi connectivity index (χ3n) is 4.75. The number of hydrogen-bond donors (Lipinski definition) is 0. The molecule has 130 valence electrons. The van der Waals surface area contributed by atoms with Gasteiger partial charge in [-0.3, -0.25) is 9.30 Å². The fourth-order valence-electron chi connectivity index (χ4n) is 3.31. The van der Waals surface area contributed by atoms with Crippen LogP contribution in [0, 0.1) is 6.92 Å². The number of anilines is 1. The standard InChI is InChI=1S/C19H23N5S/c1-16-6-2-3-7-17(16)23-12-10-22(11-13-23)14-15-25-19-21-20-18-8-4-5-9-24(18)19/h2-9H,10-15H2,1H3. The third-order valence-corrected chi connectivity index (χ3v) is 5.67. The van der Waals surface area contributed by atoms with Crippen LogP contribution in [-0.4, -0.2) is 58.0 Å². The molecule has 1 fully saturated rings. The van der Waals surface area contributed by atoms with Crippen molar-refractivity contribution in [2.75, 3.05) is 43.4 Å². The highest BCUT2D eigenvalue weighted by atomic mass is 32.2. The van der Waals surface area contributed by atoms with Gasteiger partial charge in [-0.15, -0.1) is 10.2 Å². The van der Waals surface area contributed by atoms with E-state index in [1.165, 1.54) is 11.3 Å². The Morgan fingerprint density at radius 3 is 2.60 bits per heavy atom. The van der Waals surface area contributed by atoms with Gasteiger partial charge < -0.3 is 4.90 Å². The van der Waals surface area contributed by atoms with Crippen LogP contribution in [0.4, 0.5) is 5.69 Å². The van der Waals surface area contributed by atoms with Gasteiger partial charge in [-0.05, 0) is 30.7 Å². The van der Waals surface area contributed by atoms with Gasteiger partial charge in [-0.1, -0.05) is 36.0 Å². The van der Waals surface area contributed by atoms with Gasteiger partial charge in [0.25, 0.3) is 0 Å². The van der Waals surface area contributed by atoms with Crippen LogP contribution < -0.4 is 4.90 Å². The molecule has 4 rings (SSSR count). The first-order chi connectivity index (χ1) is 12.3. The molecule has 1 aromatic carbocycles. The second-order valence-corrected chi connectivity index (χ2v) is 7.44. The van der Waals surface area contributed by atoms with Crippen molar-refractivity contribution in [2.45, 2.75) is 12.1 Å². The summed E-state index contributed by atoms with van der Waals surface area (Å²) in [7, 11) is 0. The SMILES string of the molecule is Cc1ccccc1N1CCN(CCSc2nnc3ccccn23)CC1. The minimum Gasteiger partial charge on any atom is -0.369 e. The predicted octanol–water partition coefficient (Wildman–Crippen LogP) is 2.95. The van der Waals surface area contributed by atoms with Gasteiger partial charge in [0, 0.05) is 50.4 Å². The minimum absolute atomic E-state index is 0.914. The predicted molar refractivity (Wildman–Crippen MR) is 104 cm³/mol. The molecule has 0 spiro atoms. The third kappa shape index (κ3) is 3.65. The number of pyridine rings is 1. The van der Waals surface area contributed by atoms with E-state index in [0.717, 1.165) is 49.3 Å². The number of aryl methyl sites for hydroxylation is 1. The van der Waals surface area contributed by atoms with E-state index < -0.39 is 0 Å². The second kappa shape index (κ2) is 7.45. The molecule has 3 heterocycles. The molecule has 6 heteroatoms. The Bertz CT molecular complexity index is 838. The first-order valence-electron chi connectivity index (χ1n) is 8.77. The number of para-hydroxylation sites is 1. The van der Waals surface area contributed by atoms with Crippen molar-refractivity contribution in [2.24, 2.45) is 0 Å². The minimum atomic E-state index is 0.914. The number of rotatable bonds is 5. The van der Waals surface area contributed by atoms with Crippen molar-refractivity contribution < 1.29 is 0 Å². The van der Waals surface area contributed by atoms with Crippen LogP contribution in [0.1, 0.15) is 5.56 Å². The normalized spacial score (nSPS) is 15.8. The van der Waals surface area contributed by atoms with Gasteiger partial charge in [0.05, 0.1) is 0 Å². The number of thioether (sulfide) groups is 1. The molecule has 0 bridgehead atoms. The summed E-state index contributed by atoms with van der Waals surface area (Å²) in [6, 6.07) is 14.7. The Kier molecular flexibility index (Phi) is 4.90. The van der Waals surface area contributed by atoms with Gasteiger partial charge in [0.1, 0.15) is 0 Å². The molecule has 1 aliphatic heterocycles. The zero-order valence-electron chi connectivity index (χ0n) is 14.5. The zero-order valence-corrected chi connectivity index (χ0v) is 15.3. The lowest BCUT2D eigenvalue weighted by atomic mass is 10.1. The van der Waals surface area contributed by atoms with Gasteiger partial charge >= 0.3 is 0 Å². The van der Waals surface area contributed by atoms with Crippen molar-refractivity contribution in [3.63, 3.8) is 0 Å². The Morgan fingerprint density at radius 2 is 1.76 bits per heavy atom. The lowest BCUT2D eigenvalue weighted by Gasteiger charge is -2.36. The maximum absolute atomic E-state index is 4.29. The maximum atomic E-state index is 4.29. The van der Waals surface area contributed by atoms with Crippen LogP contribution in [0.3, 0.4) is 0 Å². The van der Waals surface area contributed by atoms with Crippen LogP contribution in [0.25, 0.3) is 5.65 Å². The van der Waals surface area contributed by atoms with Crippen LogP contribution in [-0.2, 0) is 0 Å². The summed E-state index contributed by atoms with van der Waals surface area (Å²) in [4.78, 5) is 5.05. The number of piperazine rings is 1. The summed E-state index contributed by atoms with van der Waals surface area (Å²) < 4.78 is 2.06. The van der Waals surface area contributed by atoms with Gasteiger partial charge in [0.15, 0.2) is 10.8 Å². The number of nitrogens with zero attached hydrogens (tertiary/aromatic N) is 5. The first kappa shape index (κ1) is 16.4. The summed E-state index contributed by atoms with van der Waals surface area (Å²) in [5.74, 6) is 1.04. The monoisotopic (exact) mass is 353 g/mol. The topological polar surface area (TPSA) is 36.7 Å². The molecule has 25 heavy (non-hydrogen) atoms. The molecule has 0 radical (unpaired) electrons. The Morgan fingerprint density at radius 1 is 0.960 bits per heavy atom. The van der Waals surface area contributed by atoms with E-state index in [1.54, 1.807) is 11.8 Å². The van der Waals surface area contributed by atoms with Crippen LogP contribution >= 0.6 is 11.8 Å². The van der Waals surface area contributed by atoms with Crippen LogP contribution in [0.15, 0.2) is 53.8 Å². The molecule has 2 aromatic heterocycles. The largest absolute Gasteiger partial charge is 0.369 e. The molecular formula is C19H23N5S. The van der Waals surface area contributed by atoms with E-state index in [9.17, 15) is 0 Å². The highest BCUT2D eigenvalue weighted by molar-refractivity contribution is 7.99. The Balaban J connectivity index is 1.27. The number of benzene rings is 1. The molecular weight excluding hydrogens is 330 g/mol. The van der Waals surface area contributed by atoms with Crippen molar-refractivity contribution in [3.8, 4) is 0 Å². The molecule has 3 aromatic rings. The fourth-order valence-corrected chi connectivity index (χ4v) is 4.24. The maximum Gasteiger partial charge on any atom is 0.195 e. The summed E-state index contributed by atoms with van der Waals surface area (Å²) in [5, 5.41) is 9.48. The summed E-state index contributed by atoms with van der Waals surface area (Å²) in [6.45, 7) is 7.73. The van der Waals surface area contributed by atoms with Gasteiger partial charge in [-0.2, -0.15) is 0 Å². The Labute approximate surface area is 152 Å². The van der Waals surface area contributed by atoms with E-state index in [0.29, 0.717) is 0 Å². The molecule has 0 amide bonds. The lowest BCUT2D eigenvalue weighted by molar-refractivity contribution is 0.273. The van der Waals surface area contributed by atoms with E-state index in [4.69, 9.17) is 0 Å². The highest BCUT2D eigenvalue weighted by Crippen LogP contribution is 2.21. The molecule has 5 nitrogen and oxygen atoms in total. The van der Waals surface area contributed by atoms with Gasteiger partial charge in [0.2, 0.25) is 0 Å². The second-order valence-electron chi connectivity index (χ2n) is 6.38. The van der Waals surface area contributed by atoms with Crippen LogP contribution in [0.2, 0.25) is 0 Å². The van der Waals surface area contributed by atoms with E-state index >= 15 is 0 Å². The summed E-state index contributed by atoms with van der Waals surface area (Å²) in [6.07, 6.45) is 2.03. The molecule has 0 atom stereocenters. The van der Waals surface area contributed by atoms with Crippen molar-refractivity contribution >= 4 is 23.1 Å². The van der Waals surface area contributed by atoms with E-state index in [-0.39, 0.29) is 0 Å². The lowest BCUT2D eigenvalue weighted by Crippen LogP contribution is -2.47. The highest BCUT2D eigenvalue weighted by Gasteiger charge is 2.18. The molecule has 1 saturated heterocycles. The van der Waals surface area contributed by atoms with Crippen LogP contribution in [0.5, 0.6) is 0 Å². The molecule has 1 aliphatic rings. The first-order valence-corrected chi connectivity index (χ1v) is 9.75. The average molecular weight is 353 g/mol. The van der Waals surface area contributed by atoms with Crippen molar-refractivity contribution in [1.82, 2.24) is 19.5 Å². The van der Waals surface area contributed by atoms with Crippen molar-refractivity contribution in [1.29, 1.82) is 0 Å². The molecule has 0 N–H and O–H groups in total. The fraction of sp³-hybridized carbons (Fsp3) is 0.368. The number of fused-ring (bicyclic) bond motifs is 1. The average Bonchev–Trinajstić information content (AvgIpc) is 3.06. The summed E-state index contributed by atoms with van der Waals surface area (Å²) >= 11 is 1.78. The Hall–Kier alpha value is -2.05. The molecule has 0 aliphatic carbocycles. The number of aromatic nitrogens is 3. The zero-order chi connectivity index (χ0) is 17.1. The smallest absolute Gasteiger partial charge is 0.195 e. The molecule has 0 saturated carbocycles. The van der Waals surface area contributed by atoms with Gasteiger partial charge in [-0.25, -0.2) is 0 Å². The van der Waals surface area contributed by atoms with E-state index in [1.807, 2.05) is 24.4 Å². The quantitative estimate of drug-likeness (QED) is 0.659.